The summed E-state index contributed by atoms with van der Waals surface area (Å²) in [6.45, 7) is 0. The molecule has 14 heavy (non-hydrogen) atoms. The van der Waals surface area contributed by atoms with Crippen LogP contribution in [0.25, 0.3) is 0 Å². The van der Waals surface area contributed by atoms with Gasteiger partial charge in [0.1, 0.15) is 11.5 Å². The number of ether oxygens (including phenoxy) is 1. The first-order valence-electron chi connectivity index (χ1n) is 4.63. The molecule has 0 unspecified atom stereocenters. The van der Waals surface area contributed by atoms with Crippen LogP contribution in [0.15, 0.2) is 29.2 Å². The third kappa shape index (κ3) is 1.93. The number of carbonyl (C=O) groups excluding carboxylic acids is 1. The molecule has 0 saturated heterocycles. The van der Waals surface area contributed by atoms with Crippen molar-refractivity contribution < 1.29 is 9.53 Å². The Morgan fingerprint density at radius 3 is 2.50 bits per heavy atom. The maximum Gasteiger partial charge on any atom is 0.146 e. The van der Waals surface area contributed by atoms with E-state index < -0.39 is 0 Å². The van der Waals surface area contributed by atoms with Crippen molar-refractivity contribution in [3.05, 3.63) is 24.3 Å². The average molecular weight is 208 g/mol. The monoisotopic (exact) mass is 208 g/mol. The van der Waals surface area contributed by atoms with Gasteiger partial charge in [-0.1, -0.05) is 0 Å². The topological polar surface area (TPSA) is 26.3 Å². The second kappa shape index (κ2) is 4.05. The lowest BCUT2D eigenvalue weighted by atomic mass is 9.98. The van der Waals surface area contributed by atoms with E-state index in [-0.39, 0.29) is 5.25 Å². The number of hydrogen-bond donors (Lipinski definition) is 0. The highest BCUT2D eigenvalue weighted by molar-refractivity contribution is 8.00. The molecule has 0 heterocycles. The summed E-state index contributed by atoms with van der Waals surface area (Å²) in [7, 11) is 1.65. The zero-order chi connectivity index (χ0) is 9.97. The number of hydrogen-bond acceptors (Lipinski definition) is 3. The van der Waals surface area contributed by atoms with E-state index in [2.05, 4.69) is 0 Å². The van der Waals surface area contributed by atoms with E-state index in [0.29, 0.717) is 5.78 Å². The van der Waals surface area contributed by atoms with Gasteiger partial charge in [0.05, 0.1) is 12.4 Å². The van der Waals surface area contributed by atoms with Crippen LogP contribution < -0.4 is 4.74 Å². The Bertz CT molecular complexity index is 332. The fourth-order valence-corrected chi connectivity index (χ4v) is 2.43. The zero-order valence-electron chi connectivity index (χ0n) is 8.03. The van der Waals surface area contributed by atoms with Crippen LogP contribution in [0.1, 0.15) is 12.8 Å². The van der Waals surface area contributed by atoms with Gasteiger partial charge >= 0.3 is 0 Å². The number of Topliss-reactive ketones (excluding diaryl/α,β-unsaturated/α-hetero) is 1. The van der Waals surface area contributed by atoms with E-state index in [1.807, 2.05) is 24.3 Å². The molecule has 3 heteroatoms. The number of rotatable bonds is 3. The van der Waals surface area contributed by atoms with Gasteiger partial charge in [0, 0.05) is 11.3 Å². The standard InChI is InChI=1S/C11H12O2S/c1-13-8-2-4-9(5-3-8)14-11-7-6-10(11)12/h2-5,11H,6-7H2,1H3/t11-/m0/s1. The molecule has 0 aromatic heterocycles. The van der Waals surface area contributed by atoms with Crippen molar-refractivity contribution in [1.29, 1.82) is 0 Å². The first-order chi connectivity index (χ1) is 6.79. The van der Waals surface area contributed by atoms with Gasteiger partial charge in [0.25, 0.3) is 0 Å². The minimum absolute atomic E-state index is 0.198. The molecule has 1 aliphatic carbocycles. The first-order valence-corrected chi connectivity index (χ1v) is 5.51. The molecule has 1 atom stereocenters. The van der Waals surface area contributed by atoms with E-state index in [4.69, 9.17) is 4.74 Å². The summed E-state index contributed by atoms with van der Waals surface area (Å²) in [5, 5.41) is 0.198. The molecule has 0 radical (unpaired) electrons. The molecule has 0 amide bonds. The molecular formula is C11H12O2S. The predicted molar refractivity (Wildman–Crippen MR) is 56.9 cm³/mol. The fraction of sp³-hybridized carbons (Fsp3) is 0.364. The maximum absolute atomic E-state index is 11.1. The van der Waals surface area contributed by atoms with E-state index in [9.17, 15) is 4.79 Å². The molecule has 0 spiro atoms. The van der Waals surface area contributed by atoms with Crippen molar-refractivity contribution in [1.82, 2.24) is 0 Å². The van der Waals surface area contributed by atoms with Gasteiger partial charge < -0.3 is 4.74 Å². The van der Waals surface area contributed by atoms with E-state index in [0.717, 1.165) is 23.5 Å². The Morgan fingerprint density at radius 2 is 2.07 bits per heavy atom. The lowest BCUT2D eigenvalue weighted by molar-refractivity contribution is -0.122. The van der Waals surface area contributed by atoms with Gasteiger partial charge in [-0.15, -0.1) is 11.8 Å². The summed E-state index contributed by atoms with van der Waals surface area (Å²) in [6.07, 6.45) is 1.78. The Morgan fingerprint density at radius 1 is 1.36 bits per heavy atom. The fourth-order valence-electron chi connectivity index (χ4n) is 1.32. The van der Waals surface area contributed by atoms with Crippen molar-refractivity contribution in [3.63, 3.8) is 0 Å². The van der Waals surface area contributed by atoms with Crippen LogP contribution >= 0.6 is 11.8 Å². The van der Waals surface area contributed by atoms with Crippen LogP contribution in [0.3, 0.4) is 0 Å². The Hall–Kier alpha value is -0.960. The normalized spacial score (nSPS) is 20.4. The second-order valence-electron chi connectivity index (χ2n) is 3.29. The molecule has 1 aliphatic rings. The quantitative estimate of drug-likeness (QED) is 0.763. The average Bonchev–Trinajstić information content (AvgIpc) is 2.24. The molecule has 2 nitrogen and oxygen atoms in total. The molecule has 1 aromatic rings. The number of thioether (sulfide) groups is 1. The minimum Gasteiger partial charge on any atom is -0.497 e. The molecule has 0 bridgehead atoms. The molecule has 1 aromatic carbocycles. The van der Waals surface area contributed by atoms with Crippen LogP contribution in [0.4, 0.5) is 0 Å². The van der Waals surface area contributed by atoms with Crippen molar-refractivity contribution in [3.8, 4) is 5.75 Å². The largest absolute Gasteiger partial charge is 0.497 e. The third-order valence-electron chi connectivity index (χ3n) is 2.35. The summed E-state index contributed by atoms with van der Waals surface area (Å²) >= 11 is 1.65. The summed E-state index contributed by atoms with van der Waals surface area (Å²) in [5.41, 5.74) is 0. The van der Waals surface area contributed by atoms with Crippen molar-refractivity contribution in [2.24, 2.45) is 0 Å². The molecule has 74 valence electrons. The van der Waals surface area contributed by atoms with Crippen LogP contribution in [0, 0.1) is 0 Å². The van der Waals surface area contributed by atoms with Crippen molar-refractivity contribution >= 4 is 17.5 Å². The van der Waals surface area contributed by atoms with Crippen molar-refractivity contribution in [2.75, 3.05) is 7.11 Å². The zero-order valence-corrected chi connectivity index (χ0v) is 8.84. The molecule has 0 N–H and O–H groups in total. The Labute approximate surface area is 87.6 Å². The van der Waals surface area contributed by atoms with Crippen LogP contribution in [-0.4, -0.2) is 18.1 Å². The Kier molecular flexibility index (Phi) is 2.77. The van der Waals surface area contributed by atoms with Gasteiger partial charge in [-0.25, -0.2) is 0 Å². The highest BCUT2D eigenvalue weighted by atomic mass is 32.2. The van der Waals surface area contributed by atoms with Gasteiger partial charge in [0.15, 0.2) is 0 Å². The van der Waals surface area contributed by atoms with E-state index >= 15 is 0 Å². The molecule has 1 fully saturated rings. The summed E-state index contributed by atoms with van der Waals surface area (Å²) in [5.74, 6) is 1.24. The highest BCUT2D eigenvalue weighted by Gasteiger charge is 2.28. The predicted octanol–water partition coefficient (Wildman–Crippen LogP) is 2.52. The number of carbonyl (C=O) groups is 1. The smallest absolute Gasteiger partial charge is 0.146 e. The van der Waals surface area contributed by atoms with Crippen LogP contribution in [-0.2, 0) is 4.79 Å². The Balaban J connectivity index is 1.99. The van der Waals surface area contributed by atoms with Gasteiger partial charge in [-0.2, -0.15) is 0 Å². The maximum atomic E-state index is 11.1. The van der Waals surface area contributed by atoms with Gasteiger partial charge in [-0.05, 0) is 30.7 Å². The lowest BCUT2D eigenvalue weighted by Gasteiger charge is -2.22. The van der Waals surface area contributed by atoms with E-state index in [1.54, 1.807) is 18.9 Å². The molecule has 0 aliphatic heterocycles. The van der Waals surface area contributed by atoms with E-state index in [1.165, 1.54) is 0 Å². The number of benzene rings is 1. The molecular weight excluding hydrogens is 196 g/mol. The molecule has 2 rings (SSSR count). The summed E-state index contributed by atoms with van der Waals surface area (Å²) < 4.78 is 5.06. The van der Waals surface area contributed by atoms with Crippen molar-refractivity contribution in [2.45, 2.75) is 23.0 Å². The lowest BCUT2D eigenvalue weighted by Crippen LogP contribution is -2.27. The summed E-state index contributed by atoms with van der Waals surface area (Å²) in [6, 6.07) is 7.83. The summed E-state index contributed by atoms with van der Waals surface area (Å²) in [4.78, 5) is 12.3. The molecule has 1 saturated carbocycles. The SMILES string of the molecule is COc1ccc(S[C@H]2CCC2=O)cc1. The number of methoxy groups -OCH3 is 1. The van der Waals surface area contributed by atoms with Crippen LogP contribution in [0.2, 0.25) is 0 Å². The van der Waals surface area contributed by atoms with Gasteiger partial charge in [0.2, 0.25) is 0 Å². The minimum atomic E-state index is 0.198. The highest BCUT2D eigenvalue weighted by Crippen LogP contribution is 2.34. The first kappa shape index (κ1) is 9.59. The number of ketones is 1. The second-order valence-corrected chi connectivity index (χ2v) is 4.56. The van der Waals surface area contributed by atoms with Gasteiger partial charge in [-0.3, -0.25) is 4.79 Å². The third-order valence-corrected chi connectivity index (χ3v) is 3.68. The van der Waals surface area contributed by atoms with Crippen LogP contribution in [0.5, 0.6) is 5.75 Å².